The second-order valence-electron chi connectivity index (χ2n) is 10.7. The molecule has 4 fully saturated rings. The largest absolute Gasteiger partial charge is 0.347 e. The molecule has 0 amide bonds. The van der Waals surface area contributed by atoms with Crippen molar-refractivity contribution in [3.05, 3.63) is 24.3 Å². The van der Waals surface area contributed by atoms with Gasteiger partial charge in [0, 0.05) is 12.8 Å². The van der Waals surface area contributed by atoms with Crippen LogP contribution in [0.25, 0.3) is 0 Å². The van der Waals surface area contributed by atoms with Crippen molar-refractivity contribution in [3.8, 4) is 6.07 Å². The lowest BCUT2D eigenvalue weighted by Gasteiger charge is -2.59. The smallest absolute Gasteiger partial charge is 0.172 e. The Morgan fingerprint density at radius 1 is 1.14 bits per heavy atom. The molecule has 0 unspecified atom stereocenters. The van der Waals surface area contributed by atoms with Gasteiger partial charge in [0.1, 0.15) is 0 Å². The van der Waals surface area contributed by atoms with E-state index >= 15 is 0 Å². The van der Waals surface area contributed by atoms with Crippen LogP contribution in [0.3, 0.4) is 0 Å². The van der Waals surface area contributed by atoms with Gasteiger partial charge in [0.2, 0.25) is 0 Å². The van der Waals surface area contributed by atoms with Crippen LogP contribution >= 0.6 is 0 Å². The highest BCUT2D eigenvalue weighted by Crippen LogP contribution is 2.70. The van der Waals surface area contributed by atoms with Gasteiger partial charge in [-0.1, -0.05) is 31.6 Å². The molecule has 28 heavy (non-hydrogen) atoms. The molecule has 4 aliphatic carbocycles. The summed E-state index contributed by atoms with van der Waals surface area (Å²) >= 11 is 0. The second-order valence-corrected chi connectivity index (χ2v) is 10.7. The molecule has 3 saturated carbocycles. The molecule has 1 heterocycles. The fourth-order valence-electron chi connectivity index (χ4n) is 8.29. The number of fused-ring (bicyclic) bond motifs is 5. The van der Waals surface area contributed by atoms with Crippen LogP contribution in [0.15, 0.2) is 24.3 Å². The van der Waals surface area contributed by atoms with Crippen LogP contribution in [0.5, 0.6) is 0 Å². The summed E-state index contributed by atoms with van der Waals surface area (Å²) in [6.07, 6.45) is 14.5. The number of hydrogen-bond acceptors (Lipinski definition) is 3. The Balaban J connectivity index is 1.46. The van der Waals surface area contributed by atoms with Crippen LogP contribution < -0.4 is 0 Å². The molecule has 1 spiro atoms. The molecule has 0 aromatic rings. The molecule has 1 aliphatic heterocycles. The van der Waals surface area contributed by atoms with Crippen LogP contribution in [0.2, 0.25) is 0 Å². The summed E-state index contributed by atoms with van der Waals surface area (Å²) in [6, 6.07) is 2.79. The van der Waals surface area contributed by atoms with Gasteiger partial charge in [-0.15, -0.1) is 6.58 Å². The summed E-state index contributed by atoms with van der Waals surface area (Å²) in [7, 11) is 0. The van der Waals surface area contributed by atoms with Crippen molar-refractivity contribution in [1.29, 1.82) is 5.26 Å². The van der Waals surface area contributed by atoms with Gasteiger partial charge in [-0.25, -0.2) is 0 Å². The Bertz CT molecular complexity index is 744. The highest BCUT2D eigenvalue weighted by molar-refractivity contribution is 5.28. The zero-order valence-corrected chi connectivity index (χ0v) is 17.6. The lowest BCUT2D eigenvalue weighted by atomic mass is 9.45. The summed E-state index contributed by atoms with van der Waals surface area (Å²) in [5, 5.41) is 10.2. The van der Waals surface area contributed by atoms with Crippen molar-refractivity contribution in [2.45, 2.75) is 77.4 Å². The highest BCUT2D eigenvalue weighted by atomic mass is 16.7. The Kier molecular flexibility index (Phi) is 4.18. The SMILES string of the molecule is C=CC[C@]1(C#N)CC[C@H]2[C@@H]3CC=C4CC5(CC[C@]4(C)[C@H]3CC[C@@]21C)OCCO5. The number of rotatable bonds is 2. The van der Waals surface area contributed by atoms with E-state index in [1.54, 1.807) is 5.57 Å². The number of nitrogens with zero attached hydrogens (tertiary/aromatic N) is 1. The maximum absolute atomic E-state index is 10.2. The molecule has 5 rings (SSSR count). The van der Waals surface area contributed by atoms with Gasteiger partial charge in [0.05, 0.1) is 24.7 Å². The van der Waals surface area contributed by atoms with Crippen molar-refractivity contribution in [3.63, 3.8) is 0 Å². The lowest BCUT2D eigenvalue weighted by Crippen LogP contribution is -2.53. The van der Waals surface area contributed by atoms with Gasteiger partial charge in [-0.05, 0) is 73.5 Å². The first kappa shape index (κ1) is 18.9. The van der Waals surface area contributed by atoms with Crippen LogP contribution in [-0.4, -0.2) is 19.0 Å². The molecule has 0 radical (unpaired) electrons. The van der Waals surface area contributed by atoms with Gasteiger partial charge >= 0.3 is 0 Å². The van der Waals surface area contributed by atoms with E-state index in [2.05, 4.69) is 32.6 Å². The number of ether oxygens (including phenoxy) is 2. The minimum absolute atomic E-state index is 0.145. The average Bonchev–Trinajstić information content (AvgIpc) is 3.26. The predicted octanol–water partition coefficient (Wildman–Crippen LogP) is 5.78. The van der Waals surface area contributed by atoms with Gasteiger partial charge in [0.15, 0.2) is 5.79 Å². The first-order valence-corrected chi connectivity index (χ1v) is 11.4. The molecule has 0 bridgehead atoms. The average molecular weight is 382 g/mol. The maximum atomic E-state index is 10.2. The van der Waals surface area contributed by atoms with Crippen LogP contribution in [-0.2, 0) is 9.47 Å². The number of allylic oxidation sites excluding steroid dienone is 2. The molecular weight excluding hydrogens is 346 g/mol. The van der Waals surface area contributed by atoms with Gasteiger partial charge in [-0.3, -0.25) is 0 Å². The summed E-state index contributed by atoms with van der Waals surface area (Å²) in [4.78, 5) is 0. The standard InChI is InChI=1S/C25H35NO2/c1-4-9-24(17-26)11-8-21-19-6-5-18-16-25(27-14-15-28-25)13-12-22(18,2)20(19)7-10-23(21,24)3/h4-5,19-21H,1,6-16H2,2-3H3/t19-,20+,21+,22+,23+,24-/m1/s1. The number of nitriles is 1. The van der Waals surface area contributed by atoms with E-state index in [4.69, 9.17) is 9.47 Å². The van der Waals surface area contributed by atoms with E-state index in [1.807, 2.05) is 6.08 Å². The second kappa shape index (κ2) is 6.19. The molecule has 0 aromatic heterocycles. The topological polar surface area (TPSA) is 42.2 Å². The van der Waals surface area contributed by atoms with Crippen molar-refractivity contribution < 1.29 is 9.47 Å². The zero-order valence-electron chi connectivity index (χ0n) is 17.6. The lowest BCUT2D eigenvalue weighted by molar-refractivity contribution is -0.185. The van der Waals surface area contributed by atoms with E-state index in [9.17, 15) is 5.26 Å². The Labute approximate surface area is 170 Å². The molecule has 152 valence electrons. The van der Waals surface area contributed by atoms with Gasteiger partial charge in [-0.2, -0.15) is 5.26 Å². The van der Waals surface area contributed by atoms with Crippen molar-refractivity contribution >= 4 is 0 Å². The third-order valence-electron chi connectivity index (χ3n) is 10.00. The highest BCUT2D eigenvalue weighted by Gasteiger charge is 2.64. The van der Waals surface area contributed by atoms with Crippen molar-refractivity contribution in [2.24, 2.45) is 34.0 Å². The predicted molar refractivity (Wildman–Crippen MR) is 109 cm³/mol. The van der Waals surface area contributed by atoms with Crippen molar-refractivity contribution in [1.82, 2.24) is 0 Å². The summed E-state index contributed by atoms with van der Waals surface area (Å²) in [5.74, 6) is 1.83. The Hall–Kier alpha value is -1.11. The zero-order chi connectivity index (χ0) is 19.6. The molecule has 5 aliphatic rings. The number of hydrogen-bond donors (Lipinski definition) is 0. The maximum Gasteiger partial charge on any atom is 0.172 e. The minimum atomic E-state index is -0.325. The van der Waals surface area contributed by atoms with Gasteiger partial charge in [0.25, 0.3) is 0 Å². The molecule has 1 saturated heterocycles. The van der Waals surface area contributed by atoms with Crippen LogP contribution in [0, 0.1) is 45.3 Å². The van der Waals surface area contributed by atoms with Crippen LogP contribution in [0.1, 0.15) is 71.6 Å². The molecular formula is C25H35NO2. The minimum Gasteiger partial charge on any atom is -0.347 e. The Morgan fingerprint density at radius 3 is 2.61 bits per heavy atom. The normalized spacial score (nSPS) is 48.9. The van der Waals surface area contributed by atoms with Gasteiger partial charge < -0.3 is 9.47 Å². The third-order valence-corrected chi connectivity index (χ3v) is 10.00. The van der Waals surface area contributed by atoms with E-state index in [1.165, 1.54) is 32.1 Å². The molecule has 0 N–H and O–H groups in total. The van der Waals surface area contributed by atoms with E-state index in [0.29, 0.717) is 11.3 Å². The first-order chi connectivity index (χ1) is 13.4. The van der Waals surface area contributed by atoms with E-state index in [-0.39, 0.29) is 16.6 Å². The molecule has 6 atom stereocenters. The molecule has 3 nitrogen and oxygen atoms in total. The monoisotopic (exact) mass is 381 g/mol. The fourth-order valence-corrected chi connectivity index (χ4v) is 8.29. The summed E-state index contributed by atoms with van der Waals surface area (Å²) < 4.78 is 12.1. The molecule has 0 aromatic carbocycles. The fraction of sp³-hybridized carbons (Fsp3) is 0.800. The quantitative estimate of drug-likeness (QED) is 0.570. The Morgan fingerprint density at radius 2 is 1.89 bits per heavy atom. The van der Waals surface area contributed by atoms with Crippen molar-refractivity contribution in [2.75, 3.05) is 13.2 Å². The van der Waals surface area contributed by atoms with Crippen LogP contribution in [0.4, 0.5) is 0 Å². The molecule has 3 heteroatoms. The van der Waals surface area contributed by atoms with E-state index < -0.39 is 0 Å². The summed E-state index contributed by atoms with van der Waals surface area (Å²) in [6.45, 7) is 10.4. The first-order valence-electron chi connectivity index (χ1n) is 11.4. The van der Waals surface area contributed by atoms with E-state index in [0.717, 1.165) is 50.7 Å². The third kappa shape index (κ3) is 2.28. The summed E-state index contributed by atoms with van der Waals surface area (Å²) in [5.41, 5.74) is 1.84.